The summed E-state index contributed by atoms with van der Waals surface area (Å²) in [6, 6.07) is 8.20. The van der Waals surface area contributed by atoms with Gasteiger partial charge in [-0.2, -0.15) is 0 Å². The minimum absolute atomic E-state index is 0.0974. The van der Waals surface area contributed by atoms with E-state index in [1.807, 2.05) is 24.0 Å². The molecule has 18 heavy (non-hydrogen) atoms. The standard InChI is InChI=1S/C15H20N2O/c1-3-9-17(4-2)15(18)14-10-12-7-5-6-8-13(12)11-16-14/h3,5-8,14,16H,1,4,9-11H2,2H3/t14-/m0/s1. The molecule has 0 aromatic heterocycles. The Kier molecular flexibility index (Phi) is 4.15. The number of nitrogens with one attached hydrogen (secondary N) is 1. The van der Waals surface area contributed by atoms with Gasteiger partial charge in [-0.3, -0.25) is 4.79 Å². The summed E-state index contributed by atoms with van der Waals surface area (Å²) in [6.07, 6.45) is 2.56. The normalized spacial score (nSPS) is 17.9. The van der Waals surface area contributed by atoms with Crippen LogP contribution in [-0.2, 0) is 17.8 Å². The van der Waals surface area contributed by atoms with Crippen LogP contribution in [0.25, 0.3) is 0 Å². The van der Waals surface area contributed by atoms with Crippen LogP contribution in [0.3, 0.4) is 0 Å². The van der Waals surface area contributed by atoms with Crippen molar-refractivity contribution in [1.29, 1.82) is 0 Å². The lowest BCUT2D eigenvalue weighted by Crippen LogP contribution is -2.49. The number of benzene rings is 1. The van der Waals surface area contributed by atoms with Crippen LogP contribution in [0.2, 0.25) is 0 Å². The van der Waals surface area contributed by atoms with Gasteiger partial charge in [-0.15, -0.1) is 6.58 Å². The van der Waals surface area contributed by atoms with Crippen molar-refractivity contribution in [2.24, 2.45) is 0 Å². The Hall–Kier alpha value is -1.61. The smallest absolute Gasteiger partial charge is 0.240 e. The van der Waals surface area contributed by atoms with Crippen LogP contribution < -0.4 is 5.32 Å². The van der Waals surface area contributed by atoms with Crippen LogP contribution in [0, 0.1) is 0 Å². The Balaban J connectivity index is 2.08. The molecule has 1 aromatic rings. The molecule has 0 bridgehead atoms. The van der Waals surface area contributed by atoms with Crippen LogP contribution in [0.4, 0.5) is 0 Å². The van der Waals surface area contributed by atoms with Crippen LogP contribution in [0.15, 0.2) is 36.9 Å². The average Bonchev–Trinajstić information content (AvgIpc) is 2.43. The van der Waals surface area contributed by atoms with Gasteiger partial charge in [-0.25, -0.2) is 0 Å². The third-order valence-electron chi connectivity index (χ3n) is 3.42. The molecule has 1 aliphatic heterocycles. The van der Waals surface area contributed by atoms with Gasteiger partial charge in [0.2, 0.25) is 5.91 Å². The summed E-state index contributed by atoms with van der Waals surface area (Å²) in [5.74, 6) is 0.173. The second kappa shape index (κ2) is 5.83. The van der Waals surface area contributed by atoms with Crippen LogP contribution in [0.1, 0.15) is 18.1 Å². The molecule has 0 saturated carbocycles. The minimum atomic E-state index is -0.0974. The highest BCUT2D eigenvalue weighted by Gasteiger charge is 2.26. The maximum absolute atomic E-state index is 12.3. The molecule has 0 radical (unpaired) electrons. The van der Waals surface area contributed by atoms with Gasteiger partial charge in [0.05, 0.1) is 6.04 Å². The monoisotopic (exact) mass is 244 g/mol. The van der Waals surface area contributed by atoms with E-state index in [9.17, 15) is 4.79 Å². The van der Waals surface area contributed by atoms with Gasteiger partial charge in [0.15, 0.2) is 0 Å². The Morgan fingerprint density at radius 3 is 2.89 bits per heavy atom. The number of carbonyl (C=O) groups excluding carboxylic acids is 1. The number of rotatable bonds is 4. The average molecular weight is 244 g/mol. The fourth-order valence-corrected chi connectivity index (χ4v) is 2.38. The molecular formula is C15H20N2O. The van der Waals surface area contributed by atoms with Gasteiger partial charge >= 0.3 is 0 Å². The second-order valence-corrected chi connectivity index (χ2v) is 4.57. The Morgan fingerprint density at radius 2 is 2.22 bits per heavy atom. The van der Waals surface area contributed by atoms with Crippen molar-refractivity contribution >= 4 is 5.91 Å². The molecule has 3 nitrogen and oxygen atoms in total. The van der Waals surface area contributed by atoms with Crippen LogP contribution >= 0.6 is 0 Å². The predicted molar refractivity (Wildman–Crippen MR) is 73.2 cm³/mol. The van der Waals surface area contributed by atoms with Gasteiger partial charge in [0, 0.05) is 19.6 Å². The predicted octanol–water partition coefficient (Wildman–Crippen LogP) is 1.74. The molecule has 1 aliphatic rings. The molecule has 0 saturated heterocycles. The summed E-state index contributed by atoms with van der Waals surface area (Å²) in [6.45, 7) is 7.82. The number of hydrogen-bond acceptors (Lipinski definition) is 2. The first kappa shape index (κ1) is 12.8. The lowest BCUT2D eigenvalue weighted by Gasteiger charge is -2.30. The highest BCUT2D eigenvalue weighted by Crippen LogP contribution is 2.17. The first-order chi connectivity index (χ1) is 8.76. The number of nitrogens with zero attached hydrogens (tertiary/aromatic N) is 1. The third-order valence-corrected chi connectivity index (χ3v) is 3.42. The highest BCUT2D eigenvalue weighted by molar-refractivity contribution is 5.82. The zero-order chi connectivity index (χ0) is 13.0. The molecular weight excluding hydrogens is 224 g/mol. The number of amides is 1. The molecule has 0 unspecified atom stereocenters. The molecule has 3 heteroatoms. The Labute approximate surface area is 108 Å². The molecule has 0 fully saturated rings. The lowest BCUT2D eigenvalue weighted by atomic mass is 9.95. The largest absolute Gasteiger partial charge is 0.338 e. The molecule has 1 heterocycles. The third kappa shape index (κ3) is 2.62. The summed E-state index contributed by atoms with van der Waals surface area (Å²) < 4.78 is 0. The van der Waals surface area contributed by atoms with E-state index in [0.29, 0.717) is 6.54 Å². The van der Waals surface area contributed by atoms with E-state index < -0.39 is 0 Å². The van der Waals surface area contributed by atoms with E-state index in [4.69, 9.17) is 0 Å². The van der Waals surface area contributed by atoms with Crippen molar-refractivity contribution in [2.45, 2.75) is 25.9 Å². The summed E-state index contributed by atoms with van der Waals surface area (Å²) in [7, 11) is 0. The van der Waals surface area contributed by atoms with E-state index >= 15 is 0 Å². The second-order valence-electron chi connectivity index (χ2n) is 4.57. The van der Waals surface area contributed by atoms with Gasteiger partial charge in [0.1, 0.15) is 0 Å². The number of fused-ring (bicyclic) bond motifs is 1. The van der Waals surface area contributed by atoms with Crippen molar-refractivity contribution < 1.29 is 4.79 Å². The van der Waals surface area contributed by atoms with Crippen LogP contribution in [0.5, 0.6) is 0 Å². The minimum Gasteiger partial charge on any atom is -0.338 e. The highest BCUT2D eigenvalue weighted by atomic mass is 16.2. The molecule has 0 spiro atoms. The van der Waals surface area contributed by atoms with Crippen LogP contribution in [-0.4, -0.2) is 29.9 Å². The van der Waals surface area contributed by atoms with Crippen molar-refractivity contribution in [2.75, 3.05) is 13.1 Å². The van der Waals surface area contributed by atoms with E-state index in [1.54, 1.807) is 6.08 Å². The van der Waals surface area contributed by atoms with Gasteiger partial charge < -0.3 is 10.2 Å². The summed E-state index contributed by atoms with van der Waals surface area (Å²) >= 11 is 0. The van der Waals surface area contributed by atoms with E-state index in [0.717, 1.165) is 19.5 Å². The maximum Gasteiger partial charge on any atom is 0.240 e. The summed E-state index contributed by atoms with van der Waals surface area (Å²) in [5.41, 5.74) is 2.58. The van der Waals surface area contributed by atoms with E-state index in [1.165, 1.54) is 11.1 Å². The van der Waals surface area contributed by atoms with Gasteiger partial charge in [-0.1, -0.05) is 30.3 Å². The maximum atomic E-state index is 12.3. The van der Waals surface area contributed by atoms with Crippen molar-refractivity contribution in [3.8, 4) is 0 Å². The van der Waals surface area contributed by atoms with Crippen molar-refractivity contribution in [1.82, 2.24) is 10.2 Å². The molecule has 0 aliphatic carbocycles. The zero-order valence-electron chi connectivity index (χ0n) is 10.9. The fraction of sp³-hybridized carbons (Fsp3) is 0.400. The molecule has 1 aromatic carbocycles. The van der Waals surface area contributed by atoms with E-state index in [2.05, 4.69) is 24.0 Å². The first-order valence-electron chi connectivity index (χ1n) is 6.46. The fourth-order valence-electron chi connectivity index (χ4n) is 2.38. The SMILES string of the molecule is C=CCN(CC)C(=O)[C@@H]1Cc2ccccc2CN1. The molecule has 1 atom stereocenters. The Bertz CT molecular complexity index is 442. The number of carbonyl (C=O) groups is 1. The zero-order valence-corrected chi connectivity index (χ0v) is 10.9. The van der Waals surface area contributed by atoms with Crippen molar-refractivity contribution in [3.63, 3.8) is 0 Å². The molecule has 96 valence electrons. The quantitative estimate of drug-likeness (QED) is 0.818. The van der Waals surface area contributed by atoms with Crippen molar-refractivity contribution in [3.05, 3.63) is 48.0 Å². The lowest BCUT2D eigenvalue weighted by molar-refractivity contribution is -0.132. The topological polar surface area (TPSA) is 32.3 Å². The van der Waals surface area contributed by atoms with E-state index in [-0.39, 0.29) is 11.9 Å². The van der Waals surface area contributed by atoms with Gasteiger partial charge in [-0.05, 0) is 24.5 Å². The first-order valence-corrected chi connectivity index (χ1v) is 6.46. The number of likely N-dealkylation sites (N-methyl/N-ethyl adjacent to an activating group) is 1. The number of hydrogen-bond donors (Lipinski definition) is 1. The van der Waals surface area contributed by atoms with Gasteiger partial charge in [0.25, 0.3) is 0 Å². The molecule has 1 N–H and O–H groups in total. The Morgan fingerprint density at radius 1 is 1.50 bits per heavy atom. The summed E-state index contributed by atoms with van der Waals surface area (Å²) in [5, 5.41) is 3.32. The summed E-state index contributed by atoms with van der Waals surface area (Å²) in [4.78, 5) is 14.2. The molecule has 2 rings (SSSR count). The molecule has 1 amide bonds.